The first kappa shape index (κ1) is 10.0. The van der Waals surface area contributed by atoms with Gasteiger partial charge < -0.3 is 5.32 Å². The van der Waals surface area contributed by atoms with E-state index in [0.717, 1.165) is 23.2 Å². The molecule has 3 rings (SSSR count). The van der Waals surface area contributed by atoms with E-state index in [1.807, 2.05) is 36.6 Å². The van der Waals surface area contributed by atoms with E-state index in [0.29, 0.717) is 5.52 Å². The van der Waals surface area contributed by atoms with Crippen LogP contribution in [0, 0.1) is 5.82 Å². The van der Waals surface area contributed by atoms with Crippen LogP contribution in [0.3, 0.4) is 0 Å². The molecular weight excluding hydrogens is 215 g/mol. The Labute approximate surface area is 98.5 Å². The van der Waals surface area contributed by atoms with Crippen LogP contribution in [0.2, 0.25) is 0 Å². The van der Waals surface area contributed by atoms with Crippen molar-refractivity contribution in [3.8, 4) is 0 Å². The lowest BCUT2D eigenvalue weighted by Gasteiger charge is -2.09. The van der Waals surface area contributed by atoms with Crippen molar-refractivity contribution < 1.29 is 4.39 Å². The van der Waals surface area contributed by atoms with Gasteiger partial charge in [-0.05, 0) is 12.1 Å². The van der Waals surface area contributed by atoms with Crippen LogP contribution in [-0.2, 0) is 0 Å². The number of para-hydroxylation sites is 1. The number of rotatable bonds is 1. The SMILES string of the molecule is Fc1cccc2ccc(C3=CNCC=C3)nc12. The maximum Gasteiger partial charge on any atom is 0.149 e. The average molecular weight is 226 g/mol. The van der Waals surface area contributed by atoms with Crippen LogP contribution in [0.25, 0.3) is 16.5 Å². The number of benzene rings is 1. The molecule has 2 nitrogen and oxygen atoms in total. The number of nitrogens with one attached hydrogen (secondary N) is 1. The summed E-state index contributed by atoms with van der Waals surface area (Å²) in [5.74, 6) is -0.280. The fourth-order valence-electron chi connectivity index (χ4n) is 1.90. The Morgan fingerprint density at radius 1 is 1.18 bits per heavy atom. The summed E-state index contributed by atoms with van der Waals surface area (Å²) in [5.41, 5.74) is 2.18. The van der Waals surface area contributed by atoms with Gasteiger partial charge >= 0.3 is 0 Å². The van der Waals surface area contributed by atoms with E-state index in [4.69, 9.17) is 0 Å². The van der Waals surface area contributed by atoms with Crippen molar-refractivity contribution in [2.75, 3.05) is 6.54 Å². The highest BCUT2D eigenvalue weighted by molar-refractivity contribution is 5.83. The predicted molar refractivity (Wildman–Crippen MR) is 66.8 cm³/mol. The molecule has 1 aromatic carbocycles. The fraction of sp³-hybridized carbons (Fsp3) is 0.0714. The number of fused-ring (bicyclic) bond motifs is 1. The van der Waals surface area contributed by atoms with Gasteiger partial charge in [-0.15, -0.1) is 0 Å². The van der Waals surface area contributed by atoms with Gasteiger partial charge in [-0.1, -0.05) is 30.4 Å². The minimum absolute atomic E-state index is 0.280. The lowest BCUT2D eigenvalue weighted by molar-refractivity contribution is 0.636. The summed E-state index contributed by atoms with van der Waals surface area (Å²) in [4.78, 5) is 4.36. The zero-order valence-corrected chi connectivity index (χ0v) is 9.15. The molecule has 0 unspecified atom stereocenters. The lowest BCUT2D eigenvalue weighted by Crippen LogP contribution is -2.09. The monoisotopic (exact) mass is 226 g/mol. The van der Waals surface area contributed by atoms with Crippen molar-refractivity contribution in [2.45, 2.75) is 0 Å². The maximum absolute atomic E-state index is 13.6. The molecule has 0 saturated carbocycles. The Morgan fingerprint density at radius 2 is 2.12 bits per heavy atom. The molecule has 2 heterocycles. The summed E-state index contributed by atoms with van der Waals surface area (Å²) in [6, 6.07) is 8.79. The number of dihydropyridines is 1. The van der Waals surface area contributed by atoms with Gasteiger partial charge in [-0.3, -0.25) is 0 Å². The summed E-state index contributed by atoms with van der Waals surface area (Å²) in [6.07, 6.45) is 5.91. The highest BCUT2D eigenvalue weighted by Crippen LogP contribution is 2.20. The number of halogens is 1. The molecule has 17 heavy (non-hydrogen) atoms. The van der Waals surface area contributed by atoms with E-state index in [1.54, 1.807) is 6.07 Å². The number of hydrogen-bond donors (Lipinski definition) is 1. The molecule has 0 atom stereocenters. The van der Waals surface area contributed by atoms with Gasteiger partial charge in [-0.25, -0.2) is 9.37 Å². The molecule has 0 fully saturated rings. The van der Waals surface area contributed by atoms with Crippen LogP contribution >= 0.6 is 0 Å². The molecule has 1 N–H and O–H groups in total. The van der Waals surface area contributed by atoms with Crippen LogP contribution < -0.4 is 5.32 Å². The largest absolute Gasteiger partial charge is 0.387 e. The zero-order chi connectivity index (χ0) is 11.7. The molecule has 0 saturated heterocycles. The van der Waals surface area contributed by atoms with Gasteiger partial charge in [-0.2, -0.15) is 0 Å². The third-order valence-electron chi connectivity index (χ3n) is 2.76. The standard InChI is InChI=1S/C14H11FN2/c15-12-5-1-3-10-6-7-13(17-14(10)12)11-4-2-8-16-9-11/h1-7,9,16H,8H2. The van der Waals surface area contributed by atoms with Gasteiger partial charge in [0, 0.05) is 23.7 Å². The molecule has 0 aliphatic carbocycles. The van der Waals surface area contributed by atoms with Gasteiger partial charge in [0.2, 0.25) is 0 Å². The molecular formula is C14H11FN2. The number of aromatic nitrogens is 1. The van der Waals surface area contributed by atoms with Crippen molar-refractivity contribution in [1.82, 2.24) is 10.3 Å². The predicted octanol–water partition coefficient (Wildman–Crippen LogP) is 2.87. The second kappa shape index (κ2) is 4.01. The van der Waals surface area contributed by atoms with E-state index in [2.05, 4.69) is 10.3 Å². The van der Waals surface area contributed by atoms with Crippen LogP contribution in [-0.4, -0.2) is 11.5 Å². The Kier molecular flexibility index (Phi) is 2.37. The second-order valence-corrected chi connectivity index (χ2v) is 3.92. The Balaban J connectivity index is 2.16. The molecule has 84 valence electrons. The quantitative estimate of drug-likeness (QED) is 0.808. The first-order chi connectivity index (χ1) is 8.34. The third kappa shape index (κ3) is 1.80. The Bertz CT molecular complexity index is 629. The summed E-state index contributed by atoms with van der Waals surface area (Å²) in [7, 11) is 0. The normalized spacial score (nSPS) is 14.5. The molecule has 0 amide bonds. The molecule has 2 aromatic rings. The number of hydrogen-bond acceptors (Lipinski definition) is 2. The fourth-order valence-corrected chi connectivity index (χ4v) is 1.90. The first-order valence-corrected chi connectivity index (χ1v) is 5.50. The average Bonchev–Trinajstić information content (AvgIpc) is 2.40. The highest BCUT2D eigenvalue weighted by atomic mass is 19.1. The van der Waals surface area contributed by atoms with Crippen LogP contribution in [0.5, 0.6) is 0 Å². The lowest BCUT2D eigenvalue weighted by atomic mass is 10.1. The van der Waals surface area contributed by atoms with Gasteiger partial charge in [0.1, 0.15) is 11.3 Å². The first-order valence-electron chi connectivity index (χ1n) is 5.50. The smallest absolute Gasteiger partial charge is 0.149 e. The van der Waals surface area contributed by atoms with E-state index in [1.165, 1.54) is 6.07 Å². The van der Waals surface area contributed by atoms with Crippen molar-refractivity contribution in [2.24, 2.45) is 0 Å². The summed E-state index contributed by atoms with van der Waals surface area (Å²) in [5, 5.41) is 3.93. The topological polar surface area (TPSA) is 24.9 Å². The van der Waals surface area contributed by atoms with E-state index < -0.39 is 0 Å². The molecule has 3 heteroatoms. The Morgan fingerprint density at radius 3 is 2.94 bits per heavy atom. The summed E-state index contributed by atoms with van der Waals surface area (Å²) < 4.78 is 13.6. The van der Waals surface area contributed by atoms with E-state index in [-0.39, 0.29) is 5.82 Å². The molecule has 1 aliphatic rings. The van der Waals surface area contributed by atoms with Gasteiger partial charge in [0.15, 0.2) is 0 Å². The van der Waals surface area contributed by atoms with Gasteiger partial charge in [0.05, 0.1) is 5.69 Å². The Hall–Kier alpha value is -2.16. The molecule has 1 aliphatic heterocycles. The van der Waals surface area contributed by atoms with Crippen molar-refractivity contribution in [3.63, 3.8) is 0 Å². The second-order valence-electron chi connectivity index (χ2n) is 3.92. The molecule has 0 spiro atoms. The van der Waals surface area contributed by atoms with Crippen LogP contribution in [0.1, 0.15) is 5.69 Å². The minimum atomic E-state index is -0.280. The molecule has 0 radical (unpaired) electrons. The summed E-state index contributed by atoms with van der Waals surface area (Å²) >= 11 is 0. The molecule has 1 aromatic heterocycles. The number of allylic oxidation sites excluding steroid dienone is 2. The molecule has 0 bridgehead atoms. The maximum atomic E-state index is 13.6. The third-order valence-corrected chi connectivity index (χ3v) is 2.76. The summed E-state index contributed by atoms with van der Waals surface area (Å²) in [6.45, 7) is 0.825. The van der Waals surface area contributed by atoms with E-state index >= 15 is 0 Å². The number of pyridine rings is 1. The van der Waals surface area contributed by atoms with E-state index in [9.17, 15) is 4.39 Å². The minimum Gasteiger partial charge on any atom is -0.387 e. The number of nitrogens with zero attached hydrogens (tertiary/aromatic N) is 1. The van der Waals surface area contributed by atoms with Crippen LogP contribution in [0.15, 0.2) is 48.7 Å². The van der Waals surface area contributed by atoms with Crippen molar-refractivity contribution in [1.29, 1.82) is 0 Å². The van der Waals surface area contributed by atoms with Gasteiger partial charge in [0.25, 0.3) is 0 Å². The zero-order valence-electron chi connectivity index (χ0n) is 9.15. The van der Waals surface area contributed by atoms with Crippen molar-refractivity contribution >= 4 is 16.5 Å². The highest BCUT2D eigenvalue weighted by Gasteiger charge is 2.06. The van der Waals surface area contributed by atoms with Crippen LogP contribution in [0.4, 0.5) is 4.39 Å². The van der Waals surface area contributed by atoms with Crippen molar-refractivity contribution in [3.05, 3.63) is 60.2 Å².